The molecule has 5 rings (SSSR count). The maximum absolute atomic E-state index is 6.04. The van der Waals surface area contributed by atoms with E-state index in [-0.39, 0.29) is 24.0 Å². The van der Waals surface area contributed by atoms with E-state index in [1.54, 1.807) is 0 Å². The maximum Gasteiger partial charge on any atom is 0.191 e. The van der Waals surface area contributed by atoms with Crippen LogP contribution in [0.15, 0.2) is 29.3 Å². The van der Waals surface area contributed by atoms with Crippen LogP contribution in [0.4, 0.5) is 0 Å². The molecule has 4 unspecified atom stereocenters. The summed E-state index contributed by atoms with van der Waals surface area (Å²) in [7, 11) is 1.90. The van der Waals surface area contributed by atoms with Crippen molar-refractivity contribution in [2.75, 3.05) is 20.2 Å². The Morgan fingerprint density at radius 2 is 2.12 bits per heavy atom. The van der Waals surface area contributed by atoms with Crippen molar-refractivity contribution in [3.05, 3.63) is 35.4 Å². The second-order valence-corrected chi connectivity index (χ2v) is 8.34. The first kappa shape index (κ1) is 18.5. The van der Waals surface area contributed by atoms with Crippen LogP contribution < -0.4 is 10.6 Å². The minimum Gasteiger partial charge on any atom is -0.377 e. The van der Waals surface area contributed by atoms with E-state index >= 15 is 0 Å². The van der Waals surface area contributed by atoms with Gasteiger partial charge >= 0.3 is 0 Å². The number of aryl methyl sites for hydroxylation is 1. The summed E-state index contributed by atoms with van der Waals surface area (Å²) in [6.45, 7) is 1.92. The van der Waals surface area contributed by atoms with Gasteiger partial charge in [-0.1, -0.05) is 30.7 Å². The lowest BCUT2D eigenvalue weighted by atomic mass is 9.46. The summed E-state index contributed by atoms with van der Waals surface area (Å²) in [6.07, 6.45) is 8.17. The average molecular weight is 467 g/mol. The molecule has 0 amide bonds. The molecule has 5 heteroatoms. The highest BCUT2D eigenvalue weighted by Crippen LogP contribution is 2.62. The fourth-order valence-corrected chi connectivity index (χ4v) is 5.88. The Balaban J connectivity index is 0.00000168. The van der Waals surface area contributed by atoms with Crippen molar-refractivity contribution >= 4 is 29.9 Å². The van der Waals surface area contributed by atoms with Crippen LogP contribution in [0, 0.1) is 11.3 Å². The molecule has 26 heavy (non-hydrogen) atoms. The molecule has 1 aliphatic heterocycles. The van der Waals surface area contributed by atoms with Gasteiger partial charge in [0.2, 0.25) is 0 Å². The van der Waals surface area contributed by atoms with Crippen LogP contribution in [0.1, 0.15) is 49.1 Å². The average Bonchev–Trinajstić information content (AvgIpc) is 3.19. The van der Waals surface area contributed by atoms with Crippen molar-refractivity contribution in [2.45, 2.75) is 56.6 Å². The quantitative estimate of drug-likeness (QED) is 0.407. The predicted molar refractivity (Wildman–Crippen MR) is 115 cm³/mol. The Kier molecular flexibility index (Phi) is 5.21. The molecule has 4 nitrogen and oxygen atoms in total. The number of nitrogens with zero attached hydrogens (tertiary/aromatic N) is 1. The molecule has 4 atom stereocenters. The monoisotopic (exact) mass is 467 g/mol. The third-order valence-electron chi connectivity index (χ3n) is 7.32. The number of fused-ring (bicyclic) bond motifs is 3. The molecule has 1 aromatic carbocycles. The molecule has 1 spiro atoms. The van der Waals surface area contributed by atoms with Gasteiger partial charge in [-0.25, -0.2) is 0 Å². The molecular formula is C21H30IN3O. The molecule has 2 saturated carbocycles. The SMILES string of the molecule is CN=C(NCC1CCc2ccccc21)NC1C2CCOC2C12CCC2.I. The smallest absolute Gasteiger partial charge is 0.191 e. The Bertz CT molecular complexity index is 688. The first-order chi connectivity index (χ1) is 12.3. The van der Waals surface area contributed by atoms with E-state index in [2.05, 4.69) is 39.9 Å². The van der Waals surface area contributed by atoms with Gasteiger partial charge in [0.1, 0.15) is 0 Å². The molecule has 142 valence electrons. The molecule has 0 aromatic heterocycles. The van der Waals surface area contributed by atoms with Crippen LogP contribution in [0.2, 0.25) is 0 Å². The standard InChI is InChI=1S/C21H29N3O.HI/c1-22-20(23-13-15-8-7-14-5-2-3-6-16(14)15)24-18-17-9-12-25-19(17)21(18)10-4-11-21;/h2-3,5-6,15,17-19H,4,7-13H2,1H3,(H2,22,23,24);1H. The highest BCUT2D eigenvalue weighted by molar-refractivity contribution is 14.0. The highest BCUT2D eigenvalue weighted by Gasteiger charge is 2.66. The van der Waals surface area contributed by atoms with Crippen LogP contribution in [-0.2, 0) is 11.2 Å². The second kappa shape index (κ2) is 7.30. The lowest BCUT2D eigenvalue weighted by Crippen LogP contribution is -2.72. The van der Waals surface area contributed by atoms with E-state index in [1.165, 1.54) is 49.7 Å². The number of hydrogen-bond donors (Lipinski definition) is 2. The fraction of sp³-hybridized carbons (Fsp3) is 0.667. The number of guanidine groups is 1. The van der Waals surface area contributed by atoms with E-state index in [0.717, 1.165) is 19.1 Å². The molecule has 1 saturated heterocycles. The van der Waals surface area contributed by atoms with Gasteiger partial charge in [-0.2, -0.15) is 0 Å². The molecule has 0 bridgehead atoms. The van der Waals surface area contributed by atoms with Gasteiger partial charge in [0.05, 0.1) is 6.10 Å². The van der Waals surface area contributed by atoms with Gasteiger partial charge in [-0.3, -0.25) is 4.99 Å². The van der Waals surface area contributed by atoms with Gasteiger partial charge in [0, 0.05) is 43.5 Å². The third kappa shape index (κ3) is 2.77. The summed E-state index contributed by atoms with van der Waals surface area (Å²) < 4.78 is 6.04. The van der Waals surface area contributed by atoms with Crippen molar-refractivity contribution in [1.82, 2.24) is 10.6 Å². The molecule has 1 heterocycles. The van der Waals surface area contributed by atoms with Gasteiger partial charge < -0.3 is 15.4 Å². The normalized spacial score (nSPS) is 33.5. The lowest BCUT2D eigenvalue weighted by molar-refractivity contribution is -0.171. The summed E-state index contributed by atoms with van der Waals surface area (Å²) in [4.78, 5) is 4.52. The van der Waals surface area contributed by atoms with Crippen molar-refractivity contribution in [2.24, 2.45) is 16.3 Å². The van der Waals surface area contributed by atoms with Gasteiger partial charge in [0.15, 0.2) is 5.96 Å². The van der Waals surface area contributed by atoms with E-state index < -0.39 is 0 Å². The van der Waals surface area contributed by atoms with E-state index in [4.69, 9.17) is 4.74 Å². The fourth-order valence-electron chi connectivity index (χ4n) is 5.88. The Hall–Kier alpha value is -0.820. The first-order valence-corrected chi connectivity index (χ1v) is 9.98. The number of rotatable bonds is 3. The number of ether oxygens (including phenoxy) is 1. The van der Waals surface area contributed by atoms with E-state index in [1.807, 2.05) is 7.05 Å². The number of hydrogen-bond acceptors (Lipinski definition) is 2. The molecule has 4 aliphatic rings. The summed E-state index contributed by atoms with van der Waals surface area (Å²) in [5.74, 6) is 2.27. The zero-order chi connectivity index (χ0) is 16.9. The largest absolute Gasteiger partial charge is 0.377 e. The lowest BCUT2D eigenvalue weighted by Gasteiger charge is -2.63. The summed E-state index contributed by atoms with van der Waals surface area (Å²) in [6, 6.07) is 9.44. The molecule has 3 fully saturated rings. The van der Waals surface area contributed by atoms with E-state index in [0.29, 0.717) is 29.4 Å². The van der Waals surface area contributed by atoms with Crippen LogP contribution in [0.5, 0.6) is 0 Å². The van der Waals surface area contributed by atoms with Crippen LogP contribution in [0.25, 0.3) is 0 Å². The van der Waals surface area contributed by atoms with Crippen LogP contribution in [0.3, 0.4) is 0 Å². The summed E-state index contributed by atoms with van der Waals surface area (Å²) in [5, 5.41) is 7.39. The second-order valence-electron chi connectivity index (χ2n) is 8.34. The molecule has 1 aromatic rings. The van der Waals surface area contributed by atoms with E-state index in [9.17, 15) is 0 Å². The number of nitrogens with one attached hydrogen (secondary N) is 2. The predicted octanol–water partition coefficient (Wildman–Crippen LogP) is 3.46. The minimum atomic E-state index is 0. The first-order valence-electron chi connectivity index (χ1n) is 9.98. The van der Waals surface area contributed by atoms with Gasteiger partial charge in [-0.05, 0) is 43.2 Å². The maximum atomic E-state index is 6.04. The van der Waals surface area contributed by atoms with Crippen molar-refractivity contribution in [3.63, 3.8) is 0 Å². The Morgan fingerprint density at radius 1 is 1.27 bits per heavy atom. The highest BCUT2D eigenvalue weighted by atomic mass is 127. The summed E-state index contributed by atoms with van der Waals surface area (Å²) >= 11 is 0. The summed E-state index contributed by atoms with van der Waals surface area (Å²) in [5.41, 5.74) is 3.45. The topological polar surface area (TPSA) is 45.7 Å². The van der Waals surface area contributed by atoms with Crippen LogP contribution >= 0.6 is 24.0 Å². The number of aliphatic imine (C=N–C) groups is 1. The van der Waals surface area contributed by atoms with Gasteiger partial charge in [0.25, 0.3) is 0 Å². The zero-order valence-electron chi connectivity index (χ0n) is 15.5. The van der Waals surface area contributed by atoms with Gasteiger partial charge in [-0.15, -0.1) is 24.0 Å². The molecular weight excluding hydrogens is 437 g/mol. The molecule has 0 radical (unpaired) electrons. The molecule has 3 aliphatic carbocycles. The third-order valence-corrected chi connectivity index (χ3v) is 7.32. The van der Waals surface area contributed by atoms with Crippen molar-refractivity contribution in [3.8, 4) is 0 Å². The Morgan fingerprint density at radius 3 is 2.88 bits per heavy atom. The van der Waals surface area contributed by atoms with Crippen molar-refractivity contribution in [1.29, 1.82) is 0 Å². The number of halogens is 1. The minimum absolute atomic E-state index is 0. The molecule has 2 N–H and O–H groups in total. The van der Waals surface area contributed by atoms with Crippen molar-refractivity contribution < 1.29 is 4.74 Å². The van der Waals surface area contributed by atoms with Crippen LogP contribution in [-0.4, -0.2) is 38.3 Å². The zero-order valence-corrected chi connectivity index (χ0v) is 17.9. The Labute approximate surface area is 173 Å². The number of benzene rings is 1.